The average Bonchev–Trinajstić information content (AvgIpc) is 2.24. The van der Waals surface area contributed by atoms with Crippen molar-refractivity contribution >= 4 is 21.9 Å². The van der Waals surface area contributed by atoms with Crippen LogP contribution in [-0.4, -0.2) is 19.6 Å². The minimum atomic E-state index is -4.10. The van der Waals surface area contributed by atoms with Crippen LogP contribution in [0.5, 0.6) is 0 Å². The molecule has 0 bridgehead atoms. The van der Waals surface area contributed by atoms with Crippen molar-refractivity contribution in [3.8, 4) is 0 Å². The molecule has 0 saturated carbocycles. The monoisotopic (exact) mass is 279 g/mol. The zero-order chi connectivity index (χ0) is 13.1. The number of hydrogen-bond donors (Lipinski definition) is 2. The van der Waals surface area contributed by atoms with Gasteiger partial charge in [0.1, 0.15) is 12.2 Å². The Bertz CT molecular complexity index is 477. The van der Waals surface area contributed by atoms with Crippen LogP contribution in [0.15, 0.2) is 24.3 Å². The standard InChI is InChI=1S/C10H14ClNO4S/c1-2-9(16-17(12,14)15)10(13)7-5-3-4-6-8(7)11/h3-6,9-10,13H,2H2,1H3,(H2,12,14,15). The van der Waals surface area contributed by atoms with Crippen LogP contribution in [0.3, 0.4) is 0 Å². The van der Waals surface area contributed by atoms with Crippen LogP contribution < -0.4 is 5.14 Å². The molecule has 0 radical (unpaired) electrons. The van der Waals surface area contributed by atoms with Crippen LogP contribution >= 0.6 is 11.6 Å². The second kappa shape index (κ2) is 5.79. The Hall–Kier alpha value is -0.660. The summed E-state index contributed by atoms with van der Waals surface area (Å²) in [6.07, 6.45) is -1.82. The predicted molar refractivity (Wildman–Crippen MR) is 64.7 cm³/mol. The van der Waals surface area contributed by atoms with Crippen molar-refractivity contribution in [3.05, 3.63) is 34.9 Å². The molecular weight excluding hydrogens is 266 g/mol. The number of hydrogen-bond acceptors (Lipinski definition) is 4. The molecule has 1 aromatic rings. The molecule has 0 saturated heterocycles. The maximum Gasteiger partial charge on any atom is 0.333 e. The Balaban J connectivity index is 2.94. The summed E-state index contributed by atoms with van der Waals surface area (Å²) in [6, 6.07) is 6.60. The van der Waals surface area contributed by atoms with Crippen molar-refractivity contribution in [1.82, 2.24) is 0 Å². The molecule has 0 spiro atoms. The van der Waals surface area contributed by atoms with Crippen LogP contribution in [0.25, 0.3) is 0 Å². The van der Waals surface area contributed by atoms with Gasteiger partial charge in [-0.2, -0.15) is 8.42 Å². The lowest BCUT2D eigenvalue weighted by Gasteiger charge is -2.21. The van der Waals surface area contributed by atoms with Gasteiger partial charge in [0.15, 0.2) is 0 Å². The van der Waals surface area contributed by atoms with Gasteiger partial charge in [-0.05, 0) is 12.5 Å². The summed E-state index contributed by atoms with van der Waals surface area (Å²) in [4.78, 5) is 0. The van der Waals surface area contributed by atoms with E-state index >= 15 is 0 Å². The first-order valence-corrected chi connectivity index (χ1v) is 6.83. The first kappa shape index (κ1) is 14.4. The predicted octanol–water partition coefficient (Wildman–Crippen LogP) is 1.37. The van der Waals surface area contributed by atoms with Crippen molar-refractivity contribution in [1.29, 1.82) is 0 Å². The van der Waals surface area contributed by atoms with E-state index in [0.717, 1.165) is 0 Å². The number of aliphatic hydroxyl groups excluding tert-OH is 1. The van der Waals surface area contributed by atoms with Gasteiger partial charge in [0.25, 0.3) is 0 Å². The molecular formula is C10H14ClNO4S. The molecule has 0 heterocycles. The maximum atomic E-state index is 10.8. The molecule has 2 atom stereocenters. The second-order valence-corrected chi connectivity index (χ2v) is 5.09. The molecule has 2 unspecified atom stereocenters. The van der Waals surface area contributed by atoms with E-state index in [1.165, 1.54) is 0 Å². The molecule has 5 nitrogen and oxygen atoms in total. The van der Waals surface area contributed by atoms with Gasteiger partial charge in [-0.1, -0.05) is 36.7 Å². The lowest BCUT2D eigenvalue weighted by Crippen LogP contribution is -2.28. The molecule has 1 aromatic carbocycles. The molecule has 96 valence electrons. The minimum absolute atomic E-state index is 0.281. The van der Waals surface area contributed by atoms with E-state index in [1.807, 2.05) is 0 Å². The van der Waals surface area contributed by atoms with E-state index in [4.69, 9.17) is 16.7 Å². The first-order chi connectivity index (χ1) is 7.85. The van der Waals surface area contributed by atoms with E-state index in [2.05, 4.69) is 4.18 Å². The van der Waals surface area contributed by atoms with Gasteiger partial charge in [-0.3, -0.25) is 4.18 Å². The van der Waals surface area contributed by atoms with Gasteiger partial charge >= 0.3 is 10.3 Å². The largest absolute Gasteiger partial charge is 0.386 e. The van der Waals surface area contributed by atoms with Crippen molar-refractivity contribution in [2.75, 3.05) is 0 Å². The summed E-state index contributed by atoms with van der Waals surface area (Å²) >= 11 is 5.90. The van der Waals surface area contributed by atoms with Crippen LogP contribution in [0.4, 0.5) is 0 Å². The molecule has 7 heteroatoms. The fourth-order valence-electron chi connectivity index (χ4n) is 1.43. The van der Waals surface area contributed by atoms with Gasteiger partial charge in [0.05, 0.1) is 0 Å². The first-order valence-electron chi connectivity index (χ1n) is 4.98. The zero-order valence-corrected chi connectivity index (χ0v) is 10.8. The third kappa shape index (κ3) is 4.25. The summed E-state index contributed by atoms with van der Waals surface area (Å²) in [5, 5.41) is 15.1. The van der Waals surface area contributed by atoms with Crippen LogP contribution in [-0.2, 0) is 14.5 Å². The maximum absolute atomic E-state index is 10.8. The number of nitrogens with two attached hydrogens (primary N) is 1. The van der Waals surface area contributed by atoms with E-state index in [-0.39, 0.29) is 6.42 Å². The number of halogens is 1. The Kier molecular flexibility index (Phi) is 4.91. The highest BCUT2D eigenvalue weighted by Crippen LogP contribution is 2.28. The highest BCUT2D eigenvalue weighted by atomic mass is 35.5. The van der Waals surface area contributed by atoms with E-state index in [9.17, 15) is 13.5 Å². The van der Waals surface area contributed by atoms with Crippen molar-refractivity contribution in [2.24, 2.45) is 5.14 Å². The molecule has 0 aliphatic heterocycles. The average molecular weight is 280 g/mol. The van der Waals surface area contributed by atoms with Crippen LogP contribution in [0.2, 0.25) is 5.02 Å². The summed E-state index contributed by atoms with van der Waals surface area (Å²) < 4.78 is 26.3. The Morgan fingerprint density at radius 1 is 1.47 bits per heavy atom. The van der Waals surface area contributed by atoms with Crippen LogP contribution in [0.1, 0.15) is 25.0 Å². The molecule has 0 amide bonds. The van der Waals surface area contributed by atoms with E-state index in [0.29, 0.717) is 10.6 Å². The molecule has 1 rings (SSSR count). The van der Waals surface area contributed by atoms with Crippen LogP contribution in [0, 0.1) is 0 Å². The molecule has 0 aliphatic carbocycles. The number of rotatable bonds is 5. The SMILES string of the molecule is CCC(OS(N)(=O)=O)C(O)c1ccccc1Cl. The second-order valence-electron chi connectivity index (χ2n) is 3.50. The van der Waals surface area contributed by atoms with E-state index < -0.39 is 22.5 Å². The number of benzene rings is 1. The van der Waals surface area contributed by atoms with Crippen molar-refractivity contribution < 1.29 is 17.7 Å². The molecule has 0 aromatic heterocycles. The fourth-order valence-corrected chi connectivity index (χ4v) is 2.26. The summed E-state index contributed by atoms with van der Waals surface area (Å²) in [5.41, 5.74) is 0.407. The Morgan fingerprint density at radius 2 is 2.06 bits per heavy atom. The van der Waals surface area contributed by atoms with E-state index in [1.54, 1.807) is 31.2 Å². The lowest BCUT2D eigenvalue weighted by atomic mass is 10.0. The van der Waals surface area contributed by atoms with Crippen molar-refractivity contribution in [2.45, 2.75) is 25.6 Å². The van der Waals surface area contributed by atoms with Gasteiger partial charge in [-0.25, -0.2) is 5.14 Å². The fraction of sp³-hybridized carbons (Fsp3) is 0.400. The van der Waals surface area contributed by atoms with Crippen molar-refractivity contribution in [3.63, 3.8) is 0 Å². The Labute approximate surface area is 105 Å². The third-order valence-electron chi connectivity index (χ3n) is 2.24. The van der Waals surface area contributed by atoms with Gasteiger partial charge < -0.3 is 5.11 Å². The smallest absolute Gasteiger partial charge is 0.333 e. The molecule has 17 heavy (non-hydrogen) atoms. The van der Waals surface area contributed by atoms with Gasteiger partial charge in [0.2, 0.25) is 0 Å². The van der Waals surface area contributed by atoms with Gasteiger partial charge in [0, 0.05) is 10.6 Å². The molecule has 0 fully saturated rings. The number of aliphatic hydroxyl groups is 1. The molecule has 0 aliphatic rings. The minimum Gasteiger partial charge on any atom is -0.386 e. The summed E-state index contributed by atoms with van der Waals surface area (Å²) in [7, 11) is -4.10. The summed E-state index contributed by atoms with van der Waals surface area (Å²) in [5.74, 6) is 0. The third-order valence-corrected chi connectivity index (χ3v) is 3.10. The summed E-state index contributed by atoms with van der Waals surface area (Å²) in [6.45, 7) is 1.68. The normalized spacial score (nSPS) is 15.5. The lowest BCUT2D eigenvalue weighted by molar-refractivity contribution is 0.0373. The zero-order valence-electron chi connectivity index (χ0n) is 9.21. The molecule has 3 N–H and O–H groups in total. The quantitative estimate of drug-likeness (QED) is 0.852. The Morgan fingerprint density at radius 3 is 2.53 bits per heavy atom. The highest BCUT2D eigenvalue weighted by molar-refractivity contribution is 7.84. The van der Waals surface area contributed by atoms with Gasteiger partial charge in [-0.15, -0.1) is 0 Å². The highest BCUT2D eigenvalue weighted by Gasteiger charge is 2.25. The topological polar surface area (TPSA) is 89.6 Å².